The minimum Gasteiger partial charge on any atom is -0.508 e. The highest BCUT2D eigenvalue weighted by atomic mass is 35.5. The van der Waals surface area contributed by atoms with Gasteiger partial charge in [-0.25, -0.2) is 14.5 Å². The number of hydrogen-bond donors (Lipinski definition) is 1. The van der Waals surface area contributed by atoms with Crippen molar-refractivity contribution in [3.8, 4) is 34.5 Å². The third-order valence-electron chi connectivity index (χ3n) is 5.75. The van der Waals surface area contributed by atoms with Crippen LogP contribution in [0.15, 0.2) is 73.1 Å². The average Bonchev–Trinajstić information content (AvgIpc) is 3.27. The van der Waals surface area contributed by atoms with Crippen molar-refractivity contribution in [1.82, 2.24) is 19.6 Å². The SMILES string of the molecule is COc1ccc([C@@H]2c3ccc(O)cc3Oc3ncn4nc(-c5ccccc5Cl)nc4c32)cc1. The second kappa shape index (κ2) is 7.50. The molecule has 8 heteroatoms. The van der Waals surface area contributed by atoms with Crippen molar-refractivity contribution in [2.24, 2.45) is 0 Å². The molecule has 1 N–H and O–H groups in total. The Morgan fingerprint density at radius 2 is 1.88 bits per heavy atom. The summed E-state index contributed by atoms with van der Waals surface area (Å²) in [5, 5.41) is 15.2. The van der Waals surface area contributed by atoms with Gasteiger partial charge in [-0.3, -0.25) is 0 Å². The largest absolute Gasteiger partial charge is 0.508 e. The monoisotopic (exact) mass is 456 g/mol. The van der Waals surface area contributed by atoms with Gasteiger partial charge >= 0.3 is 0 Å². The lowest BCUT2D eigenvalue weighted by atomic mass is 9.84. The molecule has 7 nitrogen and oxygen atoms in total. The molecule has 3 aromatic carbocycles. The first-order valence-corrected chi connectivity index (χ1v) is 10.6. The molecule has 0 saturated heterocycles. The first-order chi connectivity index (χ1) is 16.1. The number of ether oxygens (including phenoxy) is 2. The number of fused-ring (bicyclic) bond motifs is 4. The number of aromatic hydroxyl groups is 1. The summed E-state index contributed by atoms with van der Waals surface area (Å²) in [6.07, 6.45) is 1.57. The quantitative estimate of drug-likeness (QED) is 0.381. The minimum atomic E-state index is -0.241. The summed E-state index contributed by atoms with van der Waals surface area (Å²) >= 11 is 6.40. The predicted molar refractivity (Wildman–Crippen MR) is 123 cm³/mol. The van der Waals surface area contributed by atoms with Crippen molar-refractivity contribution < 1.29 is 14.6 Å². The number of rotatable bonds is 3. The Bertz CT molecular complexity index is 1510. The highest BCUT2D eigenvalue weighted by Gasteiger charge is 2.33. The lowest BCUT2D eigenvalue weighted by Crippen LogP contribution is -2.15. The second-order valence-electron chi connectivity index (χ2n) is 7.68. The lowest BCUT2D eigenvalue weighted by molar-refractivity contribution is 0.414. The van der Waals surface area contributed by atoms with Gasteiger partial charge in [0.25, 0.3) is 0 Å². The van der Waals surface area contributed by atoms with Crippen molar-refractivity contribution >= 4 is 17.2 Å². The maximum Gasteiger partial charge on any atom is 0.228 e. The molecular weight excluding hydrogens is 440 g/mol. The van der Waals surface area contributed by atoms with E-state index in [1.807, 2.05) is 54.6 Å². The van der Waals surface area contributed by atoms with Crippen molar-refractivity contribution in [3.63, 3.8) is 0 Å². The van der Waals surface area contributed by atoms with Crippen LogP contribution in [0.3, 0.4) is 0 Å². The molecule has 0 fully saturated rings. The number of hydrogen-bond acceptors (Lipinski definition) is 6. The van der Waals surface area contributed by atoms with E-state index in [2.05, 4.69) is 10.1 Å². The Balaban J connectivity index is 1.60. The summed E-state index contributed by atoms with van der Waals surface area (Å²) in [4.78, 5) is 9.34. The van der Waals surface area contributed by atoms with Gasteiger partial charge in [-0.1, -0.05) is 41.9 Å². The highest BCUT2D eigenvalue weighted by molar-refractivity contribution is 6.33. The van der Waals surface area contributed by atoms with Gasteiger partial charge in [-0.2, -0.15) is 0 Å². The molecule has 0 amide bonds. The molecule has 3 heterocycles. The summed E-state index contributed by atoms with van der Waals surface area (Å²) in [6, 6.07) is 20.4. The van der Waals surface area contributed by atoms with Crippen molar-refractivity contribution in [1.29, 1.82) is 0 Å². The average molecular weight is 457 g/mol. The fourth-order valence-corrected chi connectivity index (χ4v) is 4.42. The third kappa shape index (κ3) is 3.16. The molecule has 0 saturated carbocycles. The Morgan fingerprint density at radius 1 is 1.06 bits per heavy atom. The van der Waals surface area contributed by atoms with E-state index in [0.717, 1.165) is 28.0 Å². The number of nitrogens with zero attached hydrogens (tertiary/aromatic N) is 4. The van der Waals surface area contributed by atoms with Gasteiger partial charge in [-0.05, 0) is 35.9 Å². The summed E-state index contributed by atoms with van der Waals surface area (Å²) in [5.41, 5.74) is 4.04. The first kappa shape index (κ1) is 19.6. The second-order valence-corrected chi connectivity index (χ2v) is 8.08. The fourth-order valence-electron chi connectivity index (χ4n) is 4.20. The number of methoxy groups -OCH3 is 1. The number of halogens is 1. The van der Waals surface area contributed by atoms with E-state index in [-0.39, 0.29) is 11.7 Å². The van der Waals surface area contributed by atoms with Crippen LogP contribution in [-0.2, 0) is 0 Å². The normalized spacial score (nSPS) is 14.4. The number of aromatic nitrogens is 4. The topological polar surface area (TPSA) is 81.8 Å². The Hall–Kier alpha value is -4.10. The summed E-state index contributed by atoms with van der Waals surface area (Å²) in [6.45, 7) is 0. The number of phenols is 1. The van der Waals surface area contributed by atoms with E-state index < -0.39 is 0 Å². The molecule has 0 bridgehead atoms. The fraction of sp³-hybridized carbons (Fsp3) is 0.0800. The van der Waals surface area contributed by atoms with Crippen LogP contribution < -0.4 is 9.47 Å². The first-order valence-electron chi connectivity index (χ1n) is 10.3. The zero-order chi connectivity index (χ0) is 22.5. The Morgan fingerprint density at radius 3 is 2.67 bits per heavy atom. The zero-order valence-electron chi connectivity index (χ0n) is 17.4. The van der Waals surface area contributed by atoms with E-state index in [4.69, 9.17) is 26.1 Å². The molecule has 0 spiro atoms. The molecule has 0 radical (unpaired) electrons. The van der Waals surface area contributed by atoms with Crippen LogP contribution in [0.5, 0.6) is 23.1 Å². The molecular formula is C25H17ClN4O3. The highest BCUT2D eigenvalue weighted by Crippen LogP contribution is 2.48. The molecule has 1 atom stereocenters. The maximum absolute atomic E-state index is 10.0. The van der Waals surface area contributed by atoms with Crippen LogP contribution in [0.25, 0.3) is 17.0 Å². The van der Waals surface area contributed by atoms with Gasteiger partial charge < -0.3 is 14.6 Å². The van der Waals surface area contributed by atoms with Crippen LogP contribution in [0.4, 0.5) is 0 Å². The van der Waals surface area contributed by atoms with Gasteiger partial charge in [0.2, 0.25) is 5.88 Å². The van der Waals surface area contributed by atoms with Gasteiger partial charge in [0, 0.05) is 23.1 Å². The summed E-state index contributed by atoms with van der Waals surface area (Å²) in [7, 11) is 1.64. The molecule has 6 rings (SSSR count). The van der Waals surface area contributed by atoms with Gasteiger partial charge in [0.05, 0.1) is 17.7 Å². The molecule has 2 aromatic heterocycles. The molecule has 5 aromatic rings. The van der Waals surface area contributed by atoms with Crippen LogP contribution in [0.2, 0.25) is 5.02 Å². The van der Waals surface area contributed by atoms with Crippen LogP contribution in [-0.4, -0.2) is 31.8 Å². The third-order valence-corrected chi connectivity index (χ3v) is 6.08. The Labute approximate surface area is 193 Å². The van der Waals surface area contributed by atoms with Crippen molar-refractivity contribution in [2.45, 2.75) is 5.92 Å². The van der Waals surface area contributed by atoms with Crippen molar-refractivity contribution in [2.75, 3.05) is 7.11 Å². The smallest absolute Gasteiger partial charge is 0.228 e. The summed E-state index contributed by atoms with van der Waals surface area (Å²) in [5.74, 6) is 2.10. The molecule has 33 heavy (non-hydrogen) atoms. The molecule has 0 unspecified atom stereocenters. The van der Waals surface area contributed by atoms with Gasteiger partial charge in [-0.15, -0.1) is 5.10 Å². The van der Waals surface area contributed by atoms with E-state index in [1.165, 1.54) is 0 Å². The van der Waals surface area contributed by atoms with Gasteiger partial charge in [0.15, 0.2) is 11.5 Å². The van der Waals surface area contributed by atoms with Crippen molar-refractivity contribution in [3.05, 3.63) is 94.8 Å². The van der Waals surface area contributed by atoms with Gasteiger partial charge in [0.1, 0.15) is 23.6 Å². The zero-order valence-corrected chi connectivity index (χ0v) is 18.2. The van der Waals surface area contributed by atoms with Crippen LogP contribution >= 0.6 is 11.6 Å². The van der Waals surface area contributed by atoms with E-state index in [1.54, 1.807) is 30.1 Å². The van der Waals surface area contributed by atoms with E-state index in [0.29, 0.717) is 28.1 Å². The van der Waals surface area contributed by atoms with Crippen LogP contribution in [0, 0.1) is 0 Å². The minimum absolute atomic E-state index is 0.121. The standard InChI is InChI=1S/C25H17ClN4O3/c1-32-16-9-6-14(7-10-16)21-18-11-8-15(31)12-20(18)33-25-22(21)24-28-23(29-30(24)13-27-25)17-4-2-3-5-19(17)26/h2-13,21,31H,1H3/t21-/m1/s1. The lowest BCUT2D eigenvalue weighted by Gasteiger charge is -2.28. The Kier molecular flexibility index (Phi) is 4.45. The van der Waals surface area contributed by atoms with E-state index in [9.17, 15) is 5.11 Å². The number of benzene rings is 3. The van der Waals surface area contributed by atoms with Crippen LogP contribution in [0.1, 0.15) is 22.6 Å². The molecule has 162 valence electrons. The number of phenolic OH excluding ortho intramolecular Hbond substituents is 1. The van der Waals surface area contributed by atoms with E-state index >= 15 is 0 Å². The molecule has 0 aliphatic carbocycles. The molecule has 1 aliphatic rings. The molecule has 1 aliphatic heterocycles. The maximum atomic E-state index is 10.0. The summed E-state index contributed by atoms with van der Waals surface area (Å²) < 4.78 is 13.1. The predicted octanol–water partition coefficient (Wildman–Crippen LogP) is 5.44.